The van der Waals surface area contributed by atoms with Crippen LogP contribution in [0.15, 0.2) is 53.0 Å². The van der Waals surface area contributed by atoms with Gasteiger partial charge in [-0.15, -0.1) is 0 Å². The molecule has 0 aromatic heterocycles. The van der Waals surface area contributed by atoms with Gasteiger partial charge in [-0.3, -0.25) is 4.79 Å². The van der Waals surface area contributed by atoms with Crippen molar-refractivity contribution in [2.45, 2.75) is 13.0 Å². The molecule has 0 aliphatic heterocycles. The third-order valence-electron chi connectivity index (χ3n) is 2.69. The first-order valence-corrected chi connectivity index (χ1v) is 7.07. The van der Waals surface area contributed by atoms with Gasteiger partial charge in [0, 0.05) is 16.0 Å². The van der Waals surface area contributed by atoms with Crippen LogP contribution in [0.1, 0.15) is 11.1 Å². The van der Waals surface area contributed by atoms with Gasteiger partial charge >= 0.3 is 0 Å². The number of hydrogen-bond acceptors (Lipinski definition) is 1. The lowest BCUT2D eigenvalue weighted by Gasteiger charge is -2.07. The van der Waals surface area contributed by atoms with Gasteiger partial charge in [0.15, 0.2) is 0 Å². The summed E-state index contributed by atoms with van der Waals surface area (Å²) in [4.78, 5) is 11.8. The molecular weight excluding hydrogens is 326 g/mol. The van der Waals surface area contributed by atoms with E-state index < -0.39 is 0 Å². The van der Waals surface area contributed by atoms with Crippen molar-refractivity contribution < 1.29 is 4.79 Å². The Labute approximate surface area is 125 Å². The average Bonchev–Trinajstić information content (AvgIpc) is 2.38. The van der Waals surface area contributed by atoms with Gasteiger partial charge in [-0.1, -0.05) is 57.9 Å². The van der Waals surface area contributed by atoms with Crippen LogP contribution in [0.25, 0.3) is 0 Å². The maximum absolute atomic E-state index is 11.8. The molecule has 0 fully saturated rings. The summed E-state index contributed by atoms with van der Waals surface area (Å²) in [7, 11) is 0. The van der Waals surface area contributed by atoms with E-state index >= 15 is 0 Å². The molecule has 0 unspecified atom stereocenters. The number of carbonyl (C=O) groups is 1. The predicted molar refractivity (Wildman–Crippen MR) is 81.1 cm³/mol. The number of amides is 1. The Morgan fingerprint density at radius 3 is 2.68 bits per heavy atom. The van der Waals surface area contributed by atoms with Gasteiger partial charge in [0.05, 0.1) is 6.42 Å². The van der Waals surface area contributed by atoms with Crippen LogP contribution in [-0.2, 0) is 17.8 Å². The van der Waals surface area contributed by atoms with E-state index in [-0.39, 0.29) is 5.91 Å². The molecule has 98 valence electrons. The van der Waals surface area contributed by atoms with Crippen molar-refractivity contribution in [1.82, 2.24) is 5.32 Å². The summed E-state index contributed by atoms with van der Waals surface area (Å²) in [6.07, 6.45) is 0.365. The van der Waals surface area contributed by atoms with Crippen LogP contribution in [-0.4, -0.2) is 5.91 Å². The van der Waals surface area contributed by atoms with E-state index in [0.717, 1.165) is 15.6 Å². The molecule has 2 aromatic rings. The Morgan fingerprint density at radius 2 is 1.95 bits per heavy atom. The maximum Gasteiger partial charge on any atom is 0.224 e. The quantitative estimate of drug-likeness (QED) is 0.898. The zero-order chi connectivity index (χ0) is 13.7. The molecule has 0 aliphatic rings. The first-order chi connectivity index (χ1) is 9.15. The summed E-state index contributed by atoms with van der Waals surface area (Å²) in [6, 6.07) is 15.2. The maximum atomic E-state index is 11.8. The van der Waals surface area contributed by atoms with Crippen molar-refractivity contribution in [3.63, 3.8) is 0 Å². The van der Waals surface area contributed by atoms with Gasteiger partial charge in [-0.25, -0.2) is 0 Å². The number of rotatable bonds is 4. The topological polar surface area (TPSA) is 29.1 Å². The summed E-state index contributed by atoms with van der Waals surface area (Å²) in [5.74, 6) is -0.0157. The first-order valence-electron chi connectivity index (χ1n) is 5.90. The second-order valence-electron chi connectivity index (χ2n) is 4.17. The summed E-state index contributed by atoms with van der Waals surface area (Å²) in [5, 5.41) is 3.54. The van der Waals surface area contributed by atoms with Gasteiger partial charge in [0.2, 0.25) is 5.91 Å². The minimum absolute atomic E-state index is 0.0157. The van der Waals surface area contributed by atoms with Crippen molar-refractivity contribution in [1.29, 1.82) is 0 Å². The van der Waals surface area contributed by atoms with E-state index in [1.807, 2.05) is 48.5 Å². The highest BCUT2D eigenvalue weighted by Crippen LogP contribution is 2.15. The van der Waals surface area contributed by atoms with Crippen LogP contribution in [0.4, 0.5) is 0 Å². The molecule has 4 heteroatoms. The van der Waals surface area contributed by atoms with Crippen LogP contribution in [0, 0.1) is 0 Å². The van der Waals surface area contributed by atoms with Gasteiger partial charge in [0.1, 0.15) is 0 Å². The molecular formula is C15H13BrClNO. The van der Waals surface area contributed by atoms with E-state index in [1.165, 1.54) is 0 Å². The number of halogens is 2. The SMILES string of the molecule is O=C(Cc1cccc(Br)c1)NCc1ccccc1Cl. The smallest absolute Gasteiger partial charge is 0.224 e. The Morgan fingerprint density at radius 1 is 1.16 bits per heavy atom. The van der Waals surface area contributed by atoms with Crippen molar-refractivity contribution in [2.24, 2.45) is 0 Å². The zero-order valence-corrected chi connectivity index (χ0v) is 12.5. The molecule has 1 N–H and O–H groups in total. The zero-order valence-electron chi connectivity index (χ0n) is 10.2. The molecule has 0 saturated carbocycles. The highest BCUT2D eigenvalue weighted by atomic mass is 79.9. The van der Waals surface area contributed by atoms with Gasteiger partial charge in [-0.2, -0.15) is 0 Å². The van der Waals surface area contributed by atoms with Gasteiger partial charge in [0.25, 0.3) is 0 Å². The monoisotopic (exact) mass is 337 g/mol. The standard InChI is InChI=1S/C15H13BrClNO/c16-13-6-3-4-11(8-13)9-15(19)18-10-12-5-1-2-7-14(12)17/h1-8H,9-10H2,(H,18,19). The molecule has 1 amide bonds. The fraction of sp³-hybridized carbons (Fsp3) is 0.133. The molecule has 0 saturated heterocycles. The van der Waals surface area contributed by atoms with Crippen LogP contribution in [0.3, 0.4) is 0 Å². The minimum atomic E-state index is -0.0157. The lowest BCUT2D eigenvalue weighted by atomic mass is 10.1. The van der Waals surface area contributed by atoms with Crippen LogP contribution >= 0.6 is 27.5 Å². The van der Waals surface area contributed by atoms with Crippen molar-refractivity contribution in [3.05, 3.63) is 69.2 Å². The van der Waals surface area contributed by atoms with Gasteiger partial charge in [-0.05, 0) is 29.3 Å². The second-order valence-corrected chi connectivity index (χ2v) is 5.50. The highest BCUT2D eigenvalue weighted by molar-refractivity contribution is 9.10. The second kappa shape index (κ2) is 6.73. The number of nitrogens with one attached hydrogen (secondary N) is 1. The predicted octanol–water partition coefficient (Wildman–Crippen LogP) is 3.96. The minimum Gasteiger partial charge on any atom is -0.352 e. The van der Waals surface area contributed by atoms with E-state index in [1.54, 1.807) is 0 Å². The van der Waals surface area contributed by atoms with Crippen molar-refractivity contribution in [3.8, 4) is 0 Å². The largest absolute Gasteiger partial charge is 0.352 e. The molecule has 2 nitrogen and oxygen atoms in total. The number of carbonyl (C=O) groups excluding carboxylic acids is 1. The Balaban J connectivity index is 1.90. The Kier molecular flexibility index (Phi) is 5.00. The van der Waals surface area contributed by atoms with Crippen LogP contribution in [0.2, 0.25) is 5.02 Å². The number of benzene rings is 2. The fourth-order valence-electron chi connectivity index (χ4n) is 1.73. The summed E-state index contributed by atoms with van der Waals surface area (Å²) >= 11 is 9.42. The van der Waals surface area contributed by atoms with E-state index in [0.29, 0.717) is 18.0 Å². The molecule has 0 radical (unpaired) electrons. The van der Waals surface area contributed by atoms with Crippen LogP contribution < -0.4 is 5.32 Å². The molecule has 0 aliphatic carbocycles. The fourth-order valence-corrected chi connectivity index (χ4v) is 2.38. The molecule has 0 bridgehead atoms. The molecule has 2 aromatic carbocycles. The summed E-state index contributed by atoms with van der Waals surface area (Å²) in [6.45, 7) is 0.451. The average molecular weight is 339 g/mol. The normalized spacial score (nSPS) is 10.2. The lowest BCUT2D eigenvalue weighted by molar-refractivity contribution is -0.120. The summed E-state index contributed by atoms with van der Waals surface area (Å²) < 4.78 is 0.976. The van der Waals surface area contributed by atoms with Crippen molar-refractivity contribution >= 4 is 33.4 Å². The van der Waals surface area contributed by atoms with Crippen molar-refractivity contribution in [2.75, 3.05) is 0 Å². The molecule has 19 heavy (non-hydrogen) atoms. The lowest BCUT2D eigenvalue weighted by Crippen LogP contribution is -2.24. The third-order valence-corrected chi connectivity index (χ3v) is 3.55. The summed E-state index contributed by atoms with van der Waals surface area (Å²) in [5.41, 5.74) is 1.90. The Bertz CT molecular complexity index is 586. The molecule has 0 spiro atoms. The van der Waals surface area contributed by atoms with Crippen LogP contribution in [0.5, 0.6) is 0 Å². The molecule has 2 rings (SSSR count). The number of hydrogen-bond donors (Lipinski definition) is 1. The highest BCUT2D eigenvalue weighted by Gasteiger charge is 2.05. The van der Waals surface area contributed by atoms with E-state index in [2.05, 4.69) is 21.2 Å². The Hall–Kier alpha value is -1.32. The third kappa shape index (κ3) is 4.37. The molecule has 0 atom stereocenters. The van der Waals surface area contributed by atoms with E-state index in [9.17, 15) is 4.79 Å². The molecule has 0 heterocycles. The van der Waals surface area contributed by atoms with Gasteiger partial charge < -0.3 is 5.32 Å². The van der Waals surface area contributed by atoms with E-state index in [4.69, 9.17) is 11.6 Å². The first kappa shape index (κ1) is 14.1.